The summed E-state index contributed by atoms with van der Waals surface area (Å²) in [6, 6.07) is 5.90. The van der Waals surface area contributed by atoms with Gasteiger partial charge in [-0.3, -0.25) is 4.79 Å². The Bertz CT molecular complexity index is 501. The summed E-state index contributed by atoms with van der Waals surface area (Å²) < 4.78 is 0. The third-order valence-electron chi connectivity index (χ3n) is 4.03. The lowest BCUT2D eigenvalue weighted by Gasteiger charge is -2.37. The van der Waals surface area contributed by atoms with Gasteiger partial charge in [-0.1, -0.05) is 17.7 Å². The van der Waals surface area contributed by atoms with Gasteiger partial charge in [0.2, 0.25) is 5.91 Å². The van der Waals surface area contributed by atoms with Gasteiger partial charge in [-0.05, 0) is 56.9 Å². The van der Waals surface area contributed by atoms with E-state index in [9.17, 15) is 4.79 Å². The van der Waals surface area contributed by atoms with Gasteiger partial charge in [0.1, 0.15) is 0 Å². The lowest BCUT2D eigenvalue weighted by molar-refractivity contribution is -0.135. The predicted molar refractivity (Wildman–Crippen MR) is 82.7 cm³/mol. The van der Waals surface area contributed by atoms with Gasteiger partial charge in [0.05, 0.1) is 6.04 Å². The Hall–Kier alpha value is -1.06. The van der Waals surface area contributed by atoms with E-state index in [2.05, 4.69) is 0 Å². The summed E-state index contributed by atoms with van der Waals surface area (Å²) in [5.41, 5.74) is 8.59. The van der Waals surface area contributed by atoms with Crippen LogP contribution in [0.5, 0.6) is 0 Å². The average Bonchev–Trinajstić information content (AvgIpc) is 2.49. The van der Waals surface area contributed by atoms with Crippen molar-refractivity contribution in [1.82, 2.24) is 4.90 Å². The van der Waals surface area contributed by atoms with E-state index in [1.807, 2.05) is 43.9 Å². The number of likely N-dealkylation sites (tertiary alicyclic amines) is 1. The van der Waals surface area contributed by atoms with Crippen LogP contribution in [0.15, 0.2) is 18.2 Å². The molecule has 1 fully saturated rings. The molecular weight excluding hydrogens is 272 g/mol. The first kappa shape index (κ1) is 15.3. The molecule has 0 bridgehead atoms. The van der Waals surface area contributed by atoms with Crippen molar-refractivity contribution in [2.24, 2.45) is 5.73 Å². The number of rotatable bonds is 2. The minimum atomic E-state index is -0.0535. The first-order chi connectivity index (χ1) is 9.41. The number of amides is 1. The Morgan fingerprint density at radius 3 is 2.70 bits per heavy atom. The summed E-state index contributed by atoms with van der Waals surface area (Å²) in [4.78, 5) is 14.4. The molecule has 0 spiro atoms. The maximum absolute atomic E-state index is 12.4. The first-order valence-electron chi connectivity index (χ1n) is 7.24. The van der Waals surface area contributed by atoms with Crippen LogP contribution in [0.2, 0.25) is 5.02 Å². The molecule has 4 heteroatoms. The lowest BCUT2D eigenvalue weighted by atomic mass is 9.92. The molecule has 1 aromatic carbocycles. The van der Waals surface area contributed by atoms with Crippen LogP contribution >= 0.6 is 11.6 Å². The standard InChI is InChI=1S/C16H23ClN2O/c1-10(2)19-15(20)6-4-5-14(18)16(19)13-8-7-12(17)9-11(13)3/h7-10,14,16H,4-6,18H2,1-3H3. The summed E-state index contributed by atoms with van der Waals surface area (Å²) >= 11 is 6.04. The number of aryl methyl sites for hydroxylation is 1. The number of carbonyl (C=O) groups excluding carboxylic acids is 1. The quantitative estimate of drug-likeness (QED) is 0.908. The van der Waals surface area contributed by atoms with Crippen molar-refractivity contribution in [3.63, 3.8) is 0 Å². The van der Waals surface area contributed by atoms with Crippen LogP contribution in [-0.4, -0.2) is 22.9 Å². The fourth-order valence-electron chi connectivity index (χ4n) is 3.10. The molecular formula is C16H23ClN2O. The largest absolute Gasteiger partial charge is 0.332 e. The molecule has 1 aliphatic rings. The molecule has 110 valence electrons. The fraction of sp³-hybridized carbons (Fsp3) is 0.562. The van der Waals surface area contributed by atoms with Crippen molar-refractivity contribution < 1.29 is 4.79 Å². The van der Waals surface area contributed by atoms with E-state index in [1.54, 1.807) is 0 Å². The summed E-state index contributed by atoms with van der Waals surface area (Å²) in [7, 11) is 0. The zero-order chi connectivity index (χ0) is 14.9. The molecule has 1 aliphatic heterocycles. The van der Waals surface area contributed by atoms with Crippen LogP contribution in [-0.2, 0) is 4.79 Å². The Kier molecular flexibility index (Phi) is 4.71. The maximum atomic E-state index is 12.4. The Labute approximate surface area is 126 Å². The third-order valence-corrected chi connectivity index (χ3v) is 4.26. The van der Waals surface area contributed by atoms with E-state index in [0.717, 1.165) is 29.0 Å². The Balaban J connectivity index is 2.48. The summed E-state index contributed by atoms with van der Waals surface area (Å²) in [5, 5.41) is 0.718. The third kappa shape index (κ3) is 2.99. The Morgan fingerprint density at radius 1 is 1.40 bits per heavy atom. The van der Waals surface area contributed by atoms with Gasteiger partial charge in [-0.15, -0.1) is 0 Å². The zero-order valence-corrected chi connectivity index (χ0v) is 13.2. The van der Waals surface area contributed by atoms with E-state index < -0.39 is 0 Å². The molecule has 2 atom stereocenters. The molecule has 1 aromatic rings. The topological polar surface area (TPSA) is 46.3 Å². The summed E-state index contributed by atoms with van der Waals surface area (Å²) in [6.07, 6.45) is 2.34. The van der Waals surface area contributed by atoms with Gasteiger partial charge in [0, 0.05) is 23.5 Å². The molecule has 2 rings (SSSR count). The van der Waals surface area contributed by atoms with Gasteiger partial charge in [0.25, 0.3) is 0 Å². The SMILES string of the molecule is Cc1cc(Cl)ccc1C1C(N)CCCC(=O)N1C(C)C. The highest BCUT2D eigenvalue weighted by Gasteiger charge is 2.34. The van der Waals surface area contributed by atoms with Crippen LogP contribution in [0, 0.1) is 6.92 Å². The molecule has 1 saturated heterocycles. The molecule has 2 unspecified atom stereocenters. The van der Waals surface area contributed by atoms with Crippen LogP contribution in [0.3, 0.4) is 0 Å². The second-order valence-electron chi connectivity index (χ2n) is 5.90. The summed E-state index contributed by atoms with van der Waals surface area (Å²) in [5.74, 6) is 0.201. The zero-order valence-electron chi connectivity index (χ0n) is 12.4. The van der Waals surface area contributed by atoms with Crippen LogP contribution in [0.25, 0.3) is 0 Å². The second kappa shape index (κ2) is 6.15. The van der Waals surface area contributed by atoms with Gasteiger partial charge in [0.15, 0.2) is 0 Å². The summed E-state index contributed by atoms with van der Waals surface area (Å²) in [6.45, 7) is 6.13. The van der Waals surface area contributed by atoms with Crippen LogP contribution in [0.1, 0.15) is 50.3 Å². The normalized spacial score (nSPS) is 24.1. The number of hydrogen-bond acceptors (Lipinski definition) is 2. The molecule has 20 heavy (non-hydrogen) atoms. The van der Waals surface area contributed by atoms with E-state index in [0.29, 0.717) is 6.42 Å². The van der Waals surface area contributed by atoms with Crippen LogP contribution < -0.4 is 5.73 Å². The highest BCUT2D eigenvalue weighted by Crippen LogP contribution is 2.34. The van der Waals surface area contributed by atoms with Gasteiger partial charge in [-0.2, -0.15) is 0 Å². The molecule has 0 saturated carbocycles. The van der Waals surface area contributed by atoms with Crippen molar-refractivity contribution in [3.8, 4) is 0 Å². The number of benzene rings is 1. The minimum Gasteiger partial charge on any atom is -0.332 e. The number of hydrogen-bond donors (Lipinski definition) is 1. The molecule has 0 radical (unpaired) electrons. The molecule has 1 amide bonds. The van der Waals surface area contributed by atoms with E-state index in [1.165, 1.54) is 0 Å². The van der Waals surface area contributed by atoms with Gasteiger partial charge >= 0.3 is 0 Å². The van der Waals surface area contributed by atoms with Crippen molar-refractivity contribution in [1.29, 1.82) is 0 Å². The van der Waals surface area contributed by atoms with Gasteiger partial charge in [-0.25, -0.2) is 0 Å². The Morgan fingerprint density at radius 2 is 2.10 bits per heavy atom. The fourth-order valence-corrected chi connectivity index (χ4v) is 3.32. The minimum absolute atomic E-state index is 0.0243. The van der Waals surface area contributed by atoms with Crippen LogP contribution in [0.4, 0.5) is 0 Å². The average molecular weight is 295 g/mol. The second-order valence-corrected chi connectivity index (χ2v) is 6.33. The molecule has 1 heterocycles. The number of nitrogens with two attached hydrogens (primary N) is 1. The highest BCUT2D eigenvalue weighted by molar-refractivity contribution is 6.30. The molecule has 0 aromatic heterocycles. The van der Waals surface area contributed by atoms with E-state index >= 15 is 0 Å². The number of carbonyl (C=O) groups is 1. The van der Waals surface area contributed by atoms with E-state index in [-0.39, 0.29) is 24.0 Å². The molecule has 2 N–H and O–H groups in total. The molecule has 0 aliphatic carbocycles. The smallest absolute Gasteiger partial charge is 0.223 e. The number of halogens is 1. The van der Waals surface area contributed by atoms with Crippen molar-refractivity contribution in [3.05, 3.63) is 34.3 Å². The highest BCUT2D eigenvalue weighted by atomic mass is 35.5. The van der Waals surface area contributed by atoms with Crippen molar-refractivity contribution >= 4 is 17.5 Å². The van der Waals surface area contributed by atoms with Crippen molar-refractivity contribution in [2.75, 3.05) is 0 Å². The van der Waals surface area contributed by atoms with Crippen molar-refractivity contribution in [2.45, 2.75) is 58.2 Å². The van der Waals surface area contributed by atoms with Gasteiger partial charge < -0.3 is 10.6 Å². The lowest BCUT2D eigenvalue weighted by Crippen LogP contribution is -2.46. The maximum Gasteiger partial charge on any atom is 0.223 e. The number of nitrogens with zero attached hydrogens (tertiary/aromatic N) is 1. The molecule has 3 nitrogen and oxygen atoms in total. The predicted octanol–water partition coefficient (Wildman–Crippen LogP) is 3.44. The first-order valence-corrected chi connectivity index (χ1v) is 7.62. The monoisotopic (exact) mass is 294 g/mol. The van der Waals surface area contributed by atoms with E-state index in [4.69, 9.17) is 17.3 Å².